The smallest absolute Gasteiger partial charge is 0.272 e. The summed E-state index contributed by atoms with van der Waals surface area (Å²) in [5.41, 5.74) is 2.82. The Labute approximate surface area is 287 Å². The van der Waals surface area contributed by atoms with Gasteiger partial charge in [-0.3, -0.25) is 34.2 Å². The summed E-state index contributed by atoms with van der Waals surface area (Å²) in [5, 5.41) is 25.8. The molecule has 4 unspecified atom stereocenters. The Kier molecular flexibility index (Phi) is 17.9. The van der Waals surface area contributed by atoms with Crippen molar-refractivity contribution in [2.75, 3.05) is 6.54 Å². The minimum absolute atomic E-state index is 0.0376. The number of hydrogen-bond acceptors (Lipinski definition) is 9. The molecule has 0 saturated carbocycles. The van der Waals surface area contributed by atoms with Crippen molar-refractivity contribution in [1.29, 1.82) is 0 Å². The molecule has 13 nitrogen and oxygen atoms in total. The van der Waals surface area contributed by atoms with E-state index in [2.05, 4.69) is 17.6 Å². The molecule has 0 bridgehead atoms. The molecule has 0 aliphatic heterocycles. The van der Waals surface area contributed by atoms with Gasteiger partial charge in [-0.2, -0.15) is 0 Å². The van der Waals surface area contributed by atoms with Crippen LogP contribution in [0.5, 0.6) is 0 Å². The molecule has 7 N–H and O–H groups in total. The molecule has 2 aromatic rings. The number of benzene rings is 2. The van der Waals surface area contributed by atoms with E-state index >= 15 is 0 Å². The van der Waals surface area contributed by atoms with Crippen LogP contribution in [0, 0.1) is 11.8 Å². The fourth-order valence-corrected chi connectivity index (χ4v) is 5.35. The molecule has 0 saturated heterocycles. The lowest BCUT2D eigenvalue weighted by Crippen LogP contribution is -2.58. The molecule has 0 heterocycles. The van der Waals surface area contributed by atoms with E-state index in [4.69, 9.17) is 11.0 Å². The number of nitrogens with two attached hydrogens (primary N) is 1. The molecule has 0 spiro atoms. The number of nitrogens with one attached hydrogen (secondary N) is 3. The average Bonchev–Trinajstić information content (AvgIpc) is 3.10. The number of aliphatic hydroxyl groups excluding tert-OH is 1. The molecule has 0 fully saturated rings. The summed E-state index contributed by atoms with van der Waals surface area (Å²) in [6.45, 7) is 6.03. The third-order valence-corrected chi connectivity index (χ3v) is 8.15. The van der Waals surface area contributed by atoms with Crippen LogP contribution in [-0.2, 0) is 30.4 Å². The molecule has 2 aromatic carbocycles. The van der Waals surface area contributed by atoms with Crippen molar-refractivity contribution >= 4 is 35.7 Å². The second-order valence-electron chi connectivity index (χ2n) is 12.6. The quantitative estimate of drug-likeness (QED) is 0.0205. The predicted octanol–water partition coefficient (Wildman–Crippen LogP) is 2.61. The van der Waals surface area contributed by atoms with Gasteiger partial charge in [0, 0.05) is 30.5 Å². The molecule has 0 aliphatic rings. The van der Waals surface area contributed by atoms with Gasteiger partial charge in [0.05, 0.1) is 5.92 Å². The van der Waals surface area contributed by atoms with Crippen molar-refractivity contribution in [3.8, 4) is 0 Å². The van der Waals surface area contributed by atoms with Crippen LogP contribution in [0.25, 0.3) is 0 Å². The summed E-state index contributed by atoms with van der Waals surface area (Å²) in [6, 6.07) is 12.8. The second-order valence-corrected chi connectivity index (χ2v) is 12.6. The highest BCUT2D eigenvalue weighted by Crippen LogP contribution is 2.19. The number of unbranched alkanes of at least 4 members (excludes halogenated alkanes) is 3. The Morgan fingerprint density at radius 1 is 0.898 bits per heavy atom. The first-order valence-electron chi connectivity index (χ1n) is 16.8. The van der Waals surface area contributed by atoms with E-state index in [1.165, 1.54) is 5.48 Å². The van der Waals surface area contributed by atoms with Crippen LogP contribution in [0.4, 0.5) is 0 Å². The van der Waals surface area contributed by atoms with Gasteiger partial charge in [0.25, 0.3) is 11.8 Å². The summed E-state index contributed by atoms with van der Waals surface area (Å²) < 4.78 is 0. The molecular formula is C36H51N5O8. The van der Waals surface area contributed by atoms with Crippen molar-refractivity contribution in [1.82, 2.24) is 21.1 Å². The Morgan fingerprint density at radius 2 is 1.55 bits per heavy atom. The molecule has 0 radical (unpaired) electrons. The maximum atomic E-state index is 13.8. The van der Waals surface area contributed by atoms with Crippen LogP contribution in [0.1, 0.15) is 93.6 Å². The van der Waals surface area contributed by atoms with Gasteiger partial charge in [-0.15, -0.1) is 0 Å². The number of ketones is 1. The van der Waals surface area contributed by atoms with Crippen LogP contribution in [0.2, 0.25) is 0 Å². The highest BCUT2D eigenvalue weighted by Gasteiger charge is 2.36. The van der Waals surface area contributed by atoms with Crippen molar-refractivity contribution < 1.29 is 39.1 Å². The summed E-state index contributed by atoms with van der Waals surface area (Å²) in [7, 11) is 0. The molecule has 13 heteroatoms. The Hall–Kier alpha value is -4.46. The summed E-state index contributed by atoms with van der Waals surface area (Å²) >= 11 is 0. The maximum Gasteiger partial charge on any atom is 0.272 e. The fraction of sp³-hybridized carbons (Fsp3) is 0.500. The molecule has 4 amide bonds. The van der Waals surface area contributed by atoms with E-state index < -0.39 is 41.8 Å². The van der Waals surface area contributed by atoms with Crippen LogP contribution in [0.15, 0.2) is 54.6 Å². The van der Waals surface area contributed by atoms with Gasteiger partial charge in [-0.25, -0.2) is 11.3 Å². The standard InChI is InChI=1S/C36H51N5O8/c1-4-5-7-15-31(43)38-20-11-10-14-28(23-42)41(37)36(48)30(39-34(46)29(21-24(2)3)33(45)35(47)40-49)22-25-16-18-27(19-17-25)32(44)26-12-8-6-9-13-26/h6,8-9,12-13,16-19,23-24,28-30,33,45,49H,4-5,7,10-11,14-15,20-22,37H2,1-3H3,(H,38,43)(H,39,46)(H,40,47). The highest BCUT2D eigenvalue weighted by molar-refractivity contribution is 6.09. The lowest BCUT2D eigenvalue weighted by Gasteiger charge is -2.30. The van der Waals surface area contributed by atoms with E-state index in [0.717, 1.165) is 24.3 Å². The van der Waals surface area contributed by atoms with Crippen molar-refractivity contribution in [3.63, 3.8) is 0 Å². The van der Waals surface area contributed by atoms with Gasteiger partial charge < -0.3 is 20.5 Å². The maximum absolute atomic E-state index is 13.8. The Bertz CT molecular complexity index is 1370. The molecule has 0 aromatic heterocycles. The number of aliphatic hydroxyl groups is 1. The zero-order chi connectivity index (χ0) is 36.3. The number of aldehydes is 1. The highest BCUT2D eigenvalue weighted by atomic mass is 16.5. The largest absolute Gasteiger partial charge is 0.382 e. The molecule has 2 rings (SSSR count). The van der Waals surface area contributed by atoms with E-state index in [9.17, 15) is 33.9 Å². The van der Waals surface area contributed by atoms with Crippen molar-refractivity contribution in [2.24, 2.45) is 17.7 Å². The van der Waals surface area contributed by atoms with E-state index in [1.807, 2.05) is 0 Å². The van der Waals surface area contributed by atoms with Crippen molar-refractivity contribution in [2.45, 2.75) is 96.7 Å². The zero-order valence-corrected chi connectivity index (χ0v) is 28.6. The van der Waals surface area contributed by atoms with Crippen LogP contribution >= 0.6 is 0 Å². The lowest BCUT2D eigenvalue weighted by atomic mass is 9.90. The van der Waals surface area contributed by atoms with Gasteiger partial charge in [-0.1, -0.05) is 88.2 Å². The summed E-state index contributed by atoms with van der Waals surface area (Å²) in [6.07, 6.45) is 3.11. The zero-order valence-electron chi connectivity index (χ0n) is 28.6. The SMILES string of the molecule is CCCCCC(=O)NCCCCC(C=O)N(N)C(=O)C(Cc1ccc(C(=O)c2ccccc2)cc1)NC(=O)C(CC(C)C)C(O)C(=O)NO. The summed E-state index contributed by atoms with van der Waals surface area (Å²) in [5.74, 6) is 1.69. The Morgan fingerprint density at radius 3 is 2.14 bits per heavy atom. The monoisotopic (exact) mass is 681 g/mol. The number of hydrazine groups is 1. The van der Waals surface area contributed by atoms with Crippen LogP contribution in [-0.4, -0.2) is 75.8 Å². The van der Waals surface area contributed by atoms with E-state index in [1.54, 1.807) is 68.4 Å². The number of nitrogens with zero attached hydrogens (tertiary/aromatic N) is 1. The first kappa shape index (κ1) is 40.7. The topological polar surface area (TPSA) is 208 Å². The second kappa shape index (κ2) is 21.5. The first-order valence-corrected chi connectivity index (χ1v) is 16.8. The third kappa shape index (κ3) is 13.5. The van der Waals surface area contributed by atoms with Gasteiger partial charge >= 0.3 is 0 Å². The lowest BCUT2D eigenvalue weighted by molar-refractivity contribution is -0.148. The van der Waals surface area contributed by atoms with Crippen LogP contribution in [0.3, 0.4) is 0 Å². The fourth-order valence-electron chi connectivity index (χ4n) is 5.35. The minimum atomic E-state index is -1.91. The van der Waals surface area contributed by atoms with Crippen molar-refractivity contribution in [3.05, 3.63) is 71.3 Å². The summed E-state index contributed by atoms with van der Waals surface area (Å²) in [4.78, 5) is 76.2. The number of carbonyl (C=O) groups is 6. The van der Waals surface area contributed by atoms with Gasteiger partial charge in [-0.05, 0) is 43.6 Å². The predicted molar refractivity (Wildman–Crippen MR) is 183 cm³/mol. The minimum Gasteiger partial charge on any atom is -0.382 e. The number of hydrogen-bond donors (Lipinski definition) is 6. The Balaban J connectivity index is 2.23. The molecule has 4 atom stereocenters. The van der Waals surface area contributed by atoms with Gasteiger partial charge in [0.1, 0.15) is 24.5 Å². The number of amides is 4. The first-order chi connectivity index (χ1) is 23.4. The number of rotatable bonds is 22. The van der Waals surface area contributed by atoms with Gasteiger partial charge in [0.15, 0.2) is 5.78 Å². The van der Waals surface area contributed by atoms with Gasteiger partial charge in [0.2, 0.25) is 11.8 Å². The molecule has 268 valence electrons. The number of hydroxylamine groups is 1. The third-order valence-electron chi connectivity index (χ3n) is 8.15. The molecule has 49 heavy (non-hydrogen) atoms. The average molecular weight is 682 g/mol. The number of carbonyl (C=O) groups excluding carboxylic acids is 6. The molecular weight excluding hydrogens is 630 g/mol. The molecule has 0 aliphatic carbocycles. The normalized spacial score (nSPS) is 13.4. The van der Waals surface area contributed by atoms with E-state index in [-0.39, 0.29) is 36.9 Å². The van der Waals surface area contributed by atoms with E-state index in [0.29, 0.717) is 48.8 Å². The van der Waals surface area contributed by atoms with Crippen LogP contribution < -0.4 is 22.0 Å².